The van der Waals surface area contributed by atoms with Crippen LogP contribution in [0.15, 0.2) is 40.7 Å². The average Bonchev–Trinajstić information content (AvgIpc) is 3.15. The fourth-order valence-electron chi connectivity index (χ4n) is 3.37. The second kappa shape index (κ2) is 5.98. The third kappa shape index (κ3) is 2.59. The lowest BCUT2D eigenvalue weighted by atomic mass is 10.1. The molecule has 1 amide bonds. The number of benzene rings is 1. The van der Waals surface area contributed by atoms with Crippen LogP contribution >= 0.6 is 11.3 Å². The summed E-state index contributed by atoms with van der Waals surface area (Å²) in [6.45, 7) is 0.572. The molecule has 2 aromatic rings. The molecule has 1 aromatic heterocycles. The molecule has 1 aliphatic heterocycles. The normalized spacial score (nSPS) is 23.5. The van der Waals surface area contributed by atoms with Crippen molar-refractivity contribution in [3.8, 4) is 11.5 Å². The van der Waals surface area contributed by atoms with Crippen LogP contribution in [0.3, 0.4) is 0 Å². The molecule has 2 fully saturated rings. The minimum absolute atomic E-state index is 0.190. The number of thiophene rings is 1. The van der Waals surface area contributed by atoms with Crippen molar-refractivity contribution in [2.24, 2.45) is 11.8 Å². The number of ether oxygens (including phenoxy) is 2. The van der Waals surface area contributed by atoms with E-state index in [1.54, 1.807) is 25.6 Å². The molecule has 0 bridgehead atoms. The second-order valence-electron chi connectivity index (χ2n) is 6.19. The maximum atomic E-state index is 12.6. The Morgan fingerprint density at radius 1 is 1.21 bits per heavy atom. The van der Waals surface area contributed by atoms with Gasteiger partial charge < -0.3 is 14.4 Å². The lowest BCUT2D eigenvalue weighted by molar-refractivity contribution is -0.129. The second-order valence-corrected chi connectivity index (χ2v) is 6.97. The molecule has 1 saturated heterocycles. The fourth-order valence-corrected chi connectivity index (χ4v) is 3.98. The number of rotatable bonds is 5. The van der Waals surface area contributed by atoms with Crippen molar-refractivity contribution in [2.75, 3.05) is 14.2 Å². The van der Waals surface area contributed by atoms with Crippen LogP contribution in [0, 0.1) is 11.8 Å². The van der Waals surface area contributed by atoms with Crippen LogP contribution < -0.4 is 9.47 Å². The molecule has 4 rings (SSSR count). The van der Waals surface area contributed by atoms with Gasteiger partial charge in [0.05, 0.1) is 20.8 Å². The number of amides is 1. The van der Waals surface area contributed by atoms with E-state index >= 15 is 0 Å². The minimum Gasteiger partial charge on any atom is -0.493 e. The SMILES string of the molecule is COc1ccc(CN2C(=O)[C@@H]3C[C@@H]3/C2=C/c2ccsc2)cc1OC. The summed E-state index contributed by atoms with van der Waals surface area (Å²) in [6, 6.07) is 7.91. The molecule has 2 heterocycles. The predicted molar refractivity (Wildman–Crippen MR) is 94.0 cm³/mol. The summed E-state index contributed by atoms with van der Waals surface area (Å²) in [5.74, 6) is 2.23. The standard InChI is InChI=1S/C19H19NO3S/c1-22-17-4-3-12(8-18(17)23-2)10-20-16(7-13-5-6-24-11-13)14-9-15(14)19(20)21/h3-8,11,14-15H,9-10H2,1-2H3/b16-7-/t14-,15+/m0/s1. The van der Waals surface area contributed by atoms with E-state index in [1.807, 2.05) is 23.1 Å². The summed E-state index contributed by atoms with van der Waals surface area (Å²) in [7, 11) is 3.25. The van der Waals surface area contributed by atoms with Crippen LogP contribution in [-0.2, 0) is 11.3 Å². The van der Waals surface area contributed by atoms with E-state index in [9.17, 15) is 4.79 Å². The predicted octanol–water partition coefficient (Wildman–Crippen LogP) is 3.78. The van der Waals surface area contributed by atoms with E-state index in [0.29, 0.717) is 24.0 Å². The van der Waals surface area contributed by atoms with E-state index in [4.69, 9.17) is 9.47 Å². The molecule has 0 N–H and O–H groups in total. The highest BCUT2D eigenvalue weighted by Gasteiger charge is 2.55. The zero-order valence-corrected chi connectivity index (χ0v) is 14.5. The first-order chi connectivity index (χ1) is 11.7. The van der Waals surface area contributed by atoms with Gasteiger partial charge in [0.1, 0.15) is 0 Å². The Morgan fingerprint density at radius 2 is 2.04 bits per heavy atom. The van der Waals surface area contributed by atoms with Gasteiger partial charge in [-0.1, -0.05) is 6.07 Å². The molecule has 0 radical (unpaired) electrons. The van der Waals surface area contributed by atoms with Crippen molar-refractivity contribution >= 4 is 23.3 Å². The molecule has 124 valence electrons. The van der Waals surface area contributed by atoms with E-state index in [0.717, 1.165) is 17.7 Å². The van der Waals surface area contributed by atoms with E-state index in [-0.39, 0.29) is 11.8 Å². The molecule has 1 aromatic carbocycles. The first-order valence-corrected chi connectivity index (χ1v) is 8.91. The number of nitrogens with zero attached hydrogens (tertiary/aromatic N) is 1. The number of methoxy groups -OCH3 is 2. The first-order valence-electron chi connectivity index (χ1n) is 7.97. The smallest absolute Gasteiger partial charge is 0.230 e. The van der Waals surface area contributed by atoms with E-state index in [1.165, 1.54) is 5.56 Å². The maximum Gasteiger partial charge on any atom is 0.230 e. The van der Waals surface area contributed by atoms with Crippen LogP contribution in [0.25, 0.3) is 6.08 Å². The van der Waals surface area contributed by atoms with Gasteiger partial charge in [-0.2, -0.15) is 11.3 Å². The van der Waals surface area contributed by atoms with Crippen LogP contribution in [-0.4, -0.2) is 25.0 Å². The maximum absolute atomic E-state index is 12.6. The summed E-state index contributed by atoms with van der Waals surface area (Å²) in [5.41, 5.74) is 3.37. The van der Waals surface area contributed by atoms with Crippen molar-refractivity contribution in [1.82, 2.24) is 4.90 Å². The first kappa shape index (κ1) is 15.3. The zero-order valence-electron chi connectivity index (χ0n) is 13.7. The van der Waals surface area contributed by atoms with Crippen LogP contribution in [0.5, 0.6) is 11.5 Å². The molecule has 1 saturated carbocycles. The topological polar surface area (TPSA) is 38.8 Å². The van der Waals surface area contributed by atoms with Crippen molar-refractivity contribution in [3.63, 3.8) is 0 Å². The third-order valence-electron chi connectivity index (χ3n) is 4.71. The average molecular weight is 341 g/mol. The lowest BCUT2D eigenvalue weighted by Gasteiger charge is -2.22. The van der Waals surface area contributed by atoms with Gasteiger partial charge in [-0.3, -0.25) is 4.79 Å². The van der Waals surface area contributed by atoms with Gasteiger partial charge >= 0.3 is 0 Å². The number of piperidine rings is 1. The van der Waals surface area contributed by atoms with Gasteiger partial charge in [0.2, 0.25) is 5.91 Å². The summed E-state index contributed by atoms with van der Waals surface area (Å²) < 4.78 is 10.7. The number of hydrogen-bond donors (Lipinski definition) is 0. The highest BCUT2D eigenvalue weighted by atomic mass is 32.1. The molecule has 1 aliphatic carbocycles. The molecular weight excluding hydrogens is 322 g/mol. The number of fused-ring (bicyclic) bond motifs is 1. The number of allylic oxidation sites excluding steroid dienone is 1. The monoisotopic (exact) mass is 341 g/mol. The molecule has 0 unspecified atom stereocenters. The Balaban J connectivity index is 1.62. The van der Waals surface area contributed by atoms with E-state index < -0.39 is 0 Å². The molecule has 0 spiro atoms. The van der Waals surface area contributed by atoms with E-state index in [2.05, 4.69) is 22.9 Å². The lowest BCUT2D eigenvalue weighted by Crippen LogP contribution is -2.26. The number of hydrogen-bond acceptors (Lipinski definition) is 4. The largest absolute Gasteiger partial charge is 0.493 e. The minimum atomic E-state index is 0.190. The number of carbonyl (C=O) groups excluding carboxylic acids is 1. The van der Waals surface area contributed by atoms with Crippen molar-refractivity contribution in [1.29, 1.82) is 0 Å². The van der Waals surface area contributed by atoms with Crippen LogP contribution in [0.2, 0.25) is 0 Å². The molecule has 24 heavy (non-hydrogen) atoms. The Bertz CT molecular complexity index is 797. The molecular formula is C19H19NO3S. The Morgan fingerprint density at radius 3 is 2.75 bits per heavy atom. The van der Waals surface area contributed by atoms with Crippen molar-refractivity contribution in [2.45, 2.75) is 13.0 Å². The number of carbonyl (C=O) groups is 1. The third-order valence-corrected chi connectivity index (χ3v) is 5.41. The van der Waals surface area contributed by atoms with Gasteiger partial charge in [-0.05, 0) is 52.6 Å². The molecule has 4 nitrogen and oxygen atoms in total. The van der Waals surface area contributed by atoms with Gasteiger partial charge in [-0.15, -0.1) is 0 Å². The highest BCUT2D eigenvalue weighted by molar-refractivity contribution is 7.08. The van der Waals surface area contributed by atoms with Crippen molar-refractivity contribution in [3.05, 3.63) is 51.8 Å². The van der Waals surface area contributed by atoms with Gasteiger partial charge in [0.15, 0.2) is 11.5 Å². The number of likely N-dealkylation sites (tertiary alicyclic amines) is 1. The van der Waals surface area contributed by atoms with Gasteiger partial charge in [0.25, 0.3) is 0 Å². The summed E-state index contributed by atoms with van der Waals surface area (Å²) in [5, 5.41) is 4.17. The van der Waals surface area contributed by atoms with Gasteiger partial charge in [0, 0.05) is 17.5 Å². The quantitative estimate of drug-likeness (QED) is 0.831. The fraction of sp³-hybridized carbons (Fsp3) is 0.316. The zero-order chi connectivity index (χ0) is 16.7. The van der Waals surface area contributed by atoms with Crippen molar-refractivity contribution < 1.29 is 14.3 Å². The van der Waals surface area contributed by atoms with Crippen LogP contribution in [0.1, 0.15) is 17.5 Å². The van der Waals surface area contributed by atoms with Gasteiger partial charge in [-0.25, -0.2) is 0 Å². The Hall–Kier alpha value is -2.27. The molecule has 2 atom stereocenters. The summed E-state index contributed by atoms with van der Waals surface area (Å²) >= 11 is 1.67. The Kier molecular flexibility index (Phi) is 3.81. The highest BCUT2D eigenvalue weighted by Crippen LogP contribution is 2.53. The summed E-state index contributed by atoms with van der Waals surface area (Å²) in [4.78, 5) is 14.5. The summed E-state index contributed by atoms with van der Waals surface area (Å²) in [6.07, 6.45) is 3.16. The Labute approximate surface area is 145 Å². The van der Waals surface area contributed by atoms with Crippen LogP contribution in [0.4, 0.5) is 0 Å². The molecule has 5 heteroatoms. The molecule has 2 aliphatic rings.